The lowest BCUT2D eigenvalue weighted by atomic mass is 9.88. The number of likely N-dealkylation sites (tertiary alicyclic amines) is 1. The van der Waals surface area contributed by atoms with Gasteiger partial charge >= 0.3 is 6.36 Å². The van der Waals surface area contributed by atoms with E-state index in [2.05, 4.69) is 15.4 Å². The van der Waals surface area contributed by atoms with Crippen LogP contribution in [0.15, 0.2) is 18.2 Å². The van der Waals surface area contributed by atoms with Gasteiger partial charge in [0.25, 0.3) is 0 Å². The molecule has 1 aromatic carbocycles. The zero-order chi connectivity index (χ0) is 21.2. The van der Waals surface area contributed by atoms with E-state index >= 15 is 0 Å². The Morgan fingerprint density at radius 2 is 2.07 bits per heavy atom. The summed E-state index contributed by atoms with van der Waals surface area (Å²) in [5.41, 5.74) is 6.47. The van der Waals surface area contributed by atoms with Gasteiger partial charge in [-0.2, -0.15) is 0 Å². The number of nitrogens with one attached hydrogen (secondary N) is 2. The minimum Gasteiger partial charge on any atom is -0.406 e. The molecule has 29 heavy (non-hydrogen) atoms. The number of alkyl halides is 3. The monoisotopic (exact) mass is 414 g/mol. The van der Waals surface area contributed by atoms with Crippen LogP contribution in [0.4, 0.5) is 18.9 Å². The molecule has 0 aromatic heterocycles. The van der Waals surface area contributed by atoms with E-state index < -0.39 is 24.2 Å². The fourth-order valence-corrected chi connectivity index (χ4v) is 4.09. The summed E-state index contributed by atoms with van der Waals surface area (Å²) in [6.45, 7) is 3.32. The lowest BCUT2D eigenvalue weighted by Crippen LogP contribution is -2.60. The maximum atomic E-state index is 13.1. The highest BCUT2D eigenvalue weighted by Crippen LogP contribution is 2.29. The average molecular weight is 414 g/mol. The number of nitrogens with two attached hydrogens (primary N) is 1. The standard InChI is InChI=1S/C19H25F3N4O3/c1-11-7-12(9-13(8-11)29-19(20,21)22)25-15-3-2-6-26(18(15)28)16-10-24-5-4-14(16)17(23)27/h7-9,14-16,24-25H,2-6,10H2,1H3,(H2,23,27)/t14-,15?,16-/m0/s1. The van der Waals surface area contributed by atoms with E-state index in [9.17, 15) is 22.8 Å². The van der Waals surface area contributed by atoms with Crippen molar-refractivity contribution >= 4 is 17.5 Å². The number of carbonyl (C=O) groups excluding carboxylic acids is 2. The third-order valence-electron chi connectivity index (χ3n) is 5.31. The molecule has 2 fully saturated rings. The number of hydrogen-bond donors (Lipinski definition) is 3. The Morgan fingerprint density at radius 3 is 2.76 bits per heavy atom. The second-order valence-corrected chi connectivity index (χ2v) is 7.52. The first-order valence-corrected chi connectivity index (χ1v) is 9.58. The maximum Gasteiger partial charge on any atom is 0.573 e. The first-order valence-electron chi connectivity index (χ1n) is 9.58. The number of hydrogen-bond acceptors (Lipinski definition) is 5. The SMILES string of the molecule is Cc1cc(NC2CCCN([C@H]3CNCC[C@@H]3C(N)=O)C2=O)cc(OC(F)(F)F)c1. The van der Waals surface area contributed by atoms with Crippen LogP contribution in [0.25, 0.3) is 0 Å². The summed E-state index contributed by atoms with van der Waals surface area (Å²) in [6, 6.07) is 3.24. The Labute approximate surface area is 166 Å². The number of ether oxygens (including phenoxy) is 1. The Kier molecular flexibility index (Phi) is 6.21. The molecule has 3 rings (SSSR count). The van der Waals surface area contributed by atoms with Crippen molar-refractivity contribution < 1.29 is 27.5 Å². The third kappa shape index (κ3) is 5.31. The summed E-state index contributed by atoms with van der Waals surface area (Å²) in [4.78, 5) is 26.6. The summed E-state index contributed by atoms with van der Waals surface area (Å²) < 4.78 is 41.6. The van der Waals surface area contributed by atoms with Crippen LogP contribution in [0.5, 0.6) is 5.75 Å². The first kappa shape index (κ1) is 21.2. The Balaban J connectivity index is 1.75. The fourth-order valence-electron chi connectivity index (χ4n) is 4.09. The van der Waals surface area contributed by atoms with Crippen molar-refractivity contribution in [1.29, 1.82) is 0 Å². The summed E-state index contributed by atoms with van der Waals surface area (Å²) in [7, 11) is 0. The topological polar surface area (TPSA) is 96.7 Å². The molecule has 2 saturated heterocycles. The van der Waals surface area contributed by atoms with Gasteiger partial charge in [0, 0.05) is 24.8 Å². The second kappa shape index (κ2) is 8.48. The summed E-state index contributed by atoms with van der Waals surface area (Å²) in [6.07, 6.45) is -2.97. The summed E-state index contributed by atoms with van der Waals surface area (Å²) in [5, 5.41) is 6.23. The molecule has 3 atom stereocenters. The molecule has 2 amide bonds. The molecule has 0 aliphatic carbocycles. The molecule has 160 valence electrons. The van der Waals surface area contributed by atoms with Gasteiger partial charge in [-0.15, -0.1) is 13.2 Å². The second-order valence-electron chi connectivity index (χ2n) is 7.52. The van der Waals surface area contributed by atoms with Gasteiger partial charge in [-0.1, -0.05) is 0 Å². The highest BCUT2D eigenvalue weighted by molar-refractivity contribution is 5.87. The zero-order valence-corrected chi connectivity index (χ0v) is 16.1. The molecule has 2 heterocycles. The number of amides is 2. The minimum atomic E-state index is -4.79. The molecule has 0 bridgehead atoms. The molecule has 0 radical (unpaired) electrons. The third-order valence-corrected chi connectivity index (χ3v) is 5.31. The number of piperidine rings is 2. The van der Waals surface area contributed by atoms with E-state index in [0.29, 0.717) is 50.1 Å². The summed E-state index contributed by atoms with van der Waals surface area (Å²) >= 11 is 0. The van der Waals surface area contributed by atoms with Gasteiger partial charge in [0.15, 0.2) is 0 Å². The van der Waals surface area contributed by atoms with Gasteiger partial charge in [-0.3, -0.25) is 9.59 Å². The zero-order valence-electron chi connectivity index (χ0n) is 16.1. The van der Waals surface area contributed by atoms with E-state index in [1.807, 2.05) is 0 Å². The summed E-state index contributed by atoms with van der Waals surface area (Å²) in [5.74, 6) is -1.36. The van der Waals surface area contributed by atoms with Crippen molar-refractivity contribution in [1.82, 2.24) is 10.2 Å². The quantitative estimate of drug-likeness (QED) is 0.682. The Hall–Kier alpha value is -2.49. The van der Waals surface area contributed by atoms with Crippen molar-refractivity contribution in [2.75, 3.05) is 25.0 Å². The van der Waals surface area contributed by atoms with Gasteiger partial charge in [-0.05, 0) is 50.4 Å². The van der Waals surface area contributed by atoms with Crippen LogP contribution < -0.4 is 21.1 Å². The molecule has 0 spiro atoms. The van der Waals surface area contributed by atoms with Gasteiger partial charge in [0.2, 0.25) is 11.8 Å². The lowest BCUT2D eigenvalue weighted by Gasteiger charge is -2.43. The molecule has 2 aliphatic heterocycles. The number of carbonyl (C=O) groups is 2. The van der Waals surface area contributed by atoms with E-state index in [1.54, 1.807) is 17.9 Å². The molecule has 0 saturated carbocycles. The number of nitrogens with zero attached hydrogens (tertiary/aromatic N) is 1. The lowest BCUT2D eigenvalue weighted by molar-refractivity contribution is -0.274. The molecule has 1 unspecified atom stereocenters. The molecule has 2 aliphatic rings. The molecular formula is C19H25F3N4O3. The minimum absolute atomic E-state index is 0.184. The van der Waals surface area contributed by atoms with Crippen LogP contribution in [0.3, 0.4) is 0 Å². The fraction of sp³-hybridized carbons (Fsp3) is 0.579. The number of anilines is 1. The predicted octanol–water partition coefficient (Wildman–Crippen LogP) is 1.76. The average Bonchev–Trinajstić information content (AvgIpc) is 2.61. The predicted molar refractivity (Wildman–Crippen MR) is 100 cm³/mol. The van der Waals surface area contributed by atoms with Gasteiger partial charge in [0.05, 0.1) is 12.0 Å². The van der Waals surface area contributed by atoms with Crippen LogP contribution >= 0.6 is 0 Å². The van der Waals surface area contributed by atoms with Crippen LogP contribution in [0.2, 0.25) is 0 Å². The number of halogens is 3. The molecular weight excluding hydrogens is 389 g/mol. The van der Waals surface area contributed by atoms with E-state index in [0.717, 1.165) is 0 Å². The smallest absolute Gasteiger partial charge is 0.406 e. The molecule has 10 heteroatoms. The van der Waals surface area contributed by atoms with Crippen molar-refractivity contribution in [3.8, 4) is 5.75 Å². The van der Waals surface area contributed by atoms with E-state index in [-0.39, 0.29) is 17.7 Å². The van der Waals surface area contributed by atoms with Crippen molar-refractivity contribution in [3.05, 3.63) is 23.8 Å². The molecule has 1 aromatic rings. The maximum absolute atomic E-state index is 13.1. The highest BCUT2D eigenvalue weighted by Gasteiger charge is 2.40. The number of rotatable bonds is 5. The van der Waals surface area contributed by atoms with E-state index in [4.69, 9.17) is 5.73 Å². The van der Waals surface area contributed by atoms with Crippen LogP contribution in [-0.2, 0) is 9.59 Å². The van der Waals surface area contributed by atoms with Crippen LogP contribution in [0.1, 0.15) is 24.8 Å². The van der Waals surface area contributed by atoms with Gasteiger partial charge < -0.3 is 26.0 Å². The first-order chi connectivity index (χ1) is 13.6. The Morgan fingerprint density at radius 1 is 1.31 bits per heavy atom. The number of aryl methyl sites for hydroxylation is 1. The Bertz CT molecular complexity index is 772. The molecule has 4 N–H and O–H groups in total. The van der Waals surface area contributed by atoms with Gasteiger partial charge in [0.1, 0.15) is 11.8 Å². The van der Waals surface area contributed by atoms with Crippen molar-refractivity contribution in [3.63, 3.8) is 0 Å². The normalized spacial score (nSPS) is 25.6. The highest BCUT2D eigenvalue weighted by atomic mass is 19.4. The van der Waals surface area contributed by atoms with Crippen molar-refractivity contribution in [2.45, 2.75) is 44.6 Å². The van der Waals surface area contributed by atoms with Crippen LogP contribution in [-0.4, -0.2) is 54.8 Å². The van der Waals surface area contributed by atoms with Crippen LogP contribution in [0, 0.1) is 12.8 Å². The number of primary amides is 1. The van der Waals surface area contributed by atoms with E-state index in [1.165, 1.54) is 12.1 Å². The largest absolute Gasteiger partial charge is 0.573 e. The molecule has 7 nitrogen and oxygen atoms in total. The number of benzene rings is 1. The van der Waals surface area contributed by atoms with Crippen molar-refractivity contribution in [2.24, 2.45) is 11.7 Å². The van der Waals surface area contributed by atoms with Gasteiger partial charge in [-0.25, -0.2) is 0 Å².